The molecule has 0 unspecified atom stereocenters. The van der Waals surface area contributed by atoms with Gasteiger partial charge in [-0.2, -0.15) is 0 Å². The quantitative estimate of drug-likeness (QED) is 0.204. The Labute approximate surface area is 229 Å². The minimum Gasteiger partial charge on any atom is -0.143 e. The zero-order valence-electron chi connectivity index (χ0n) is 20.5. The van der Waals surface area contributed by atoms with E-state index in [-0.39, 0.29) is 0 Å². The van der Waals surface area contributed by atoms with Crippen molar-refractivity contribution in [3.63, 3.8) is 0 Å². The van der Waals surface area contributed by atoms with E-state index in [0.29, 0.717) is 0 Å². The van der Waals surface area contributed by atoms with Gasteiger partial charge in [-0.3, -0.25) is 0 Å². The van der Waals surface area contributed by atoms with Gasteiger partial charge in [-0.15, -0.1) is 22.7 Å². The van der Waals surface area contributed by atoms with Gasteiger partial charge in [0.2, 0.25) is 0 Å². The molecule has 6 aromatic carbocycles. The monoisotopic (exact) mass is 518 g/mol. The summed E-state index contributed by atoms with van der Waals surface area (Å²) in [4.78, 5) is 2.66. The van der Waals surface area contributed by atoms with Gasteiger partial charge in [0.05, 0.1) is 4.88 Å². The molecule has 0 atom stereocenters. The molecule has 0 aliphatic heterocycles. The third kappa shape index (κ3) is 3.57. The Bertz CT molecular complexity index is 2130. The van der Waals surface area contributed by atoms with Gasteiger partial charge in [0.25, 0.3) is 0 Å². The molecule has 0 aliphatic rings. The summed E-state index contributed by atoms with van der Waals surface area (Å²) in [5.74, 6) is 0. The Hall–Kier alpha value is -4.24. The average Bonchev–Trinajstić information content (AvgIpc) is 3.65. The lowest BCUT2D eigenvalue weighted by Crippen LogP contribution is -1.85. The summed E-state index contributed by atoms with van der Waals surface area (Å²) in [5, 5.41) is 14.8. The first-order valence-corrected chi connectivity index (χ1v) is 14.6. The molecule has 0 spiro atoms. The van der Waals surface area contributed by atoms with Crippen LogP contribution in [0.1, 0.15) is 0 Å². The van der Waals surface area contributed by atoms with Crippen molar-refractivity contribution in [2.24, 2.45) is 0 Å². The highest BCUT2D eigenvalue weighted by Gasteiger charge is 2.18. The van der Waals surface area contributed by atoms with Crippen molar-refractivity contribution in [2.75, 3.05) is 0 Å². The zero-order valence-corrected chi connectivity index (χ0v) is 22.2. The van der Waals surface area contributed by atoms with Crippen molar-refractivity contribution < 1.29 is 0 Å². The summed E-state index contributed by atoms with van der Waals surface area (Å²) in [6.45, 7) is 0. The van der Waals surface area contributed by atoms with Crippen molar-refractivity contribution in [2.45, 2.75) is 0 Å². The van der Waals surface area contributed by atoms with Gasteiger partial charge >= 0.3 is 0 Å². The predicted molar refractivity (Wildman–Crippen MR) is 169 cm³/mol. The van der Waals surface area contributed by atoms with Crippen LogP contribution in [0.4, 0.5) is 0 Å². The highest BCUT2D eigenvalue weighted by molar-refractivity contribution is 7.21. The van der Waals surface area contributed by atoms with Crippen LogP contribution in [0.5, 0.6) is 0 Å². The molecule has 0 fully saturated rings. The lowest BCUT2D eigenvalue weighted by Gasteiger charge is -2.11. The van der Waals surface area contributed by atoms with E-state index in [9.17, 15) is 0 Å². The SMILES string of the molecule is c1csc(-c2scc(-c3ccc4cc5ccccc5cc4c3)c2-c2ccc3cc4ccccc4cc3c2)c1. The number of fused-ring (bicyclic) bond motifs is 4. The topological polar surface area (TPSA) is 0 Å². The number of benzene rings is 6. The second-order valence-corrected chi connectivity index (χ2v) is 11.7. The van der Waals surface area contributed by atoms with Gasteiger partial charge in [0.15, 0.2) is 0 Å². The standard InChI is InChI=1S/C36H22S2/c1-3-8-25-18-31-20-29(13-11-27(31)16-23(25)6-1)33-22-38-36(34-10-5-15-37-34)35(33)30-14-12-28-17-24-7-2-4-9-26(24)19-32(28)21-30/h1-22H. The van der Waals surface area contributed by atoms with E-state index >= 15 is 0 Å². The highest BCUT2D eigenvalue weighted by atomic mass is 32.1. The van der Waals surface area contributed by atoms with E-state index in [0.717, 1.165) is 0 Å². The fourth-order valence-corrected chi connectivity index (χ4v) is 7.63. The molecule has 0 bridgehead atoms. The number of rotatable bonds is 3. The van der Waals surface area contributed by atoms with Crippen LogP contribution in [0.15, 0.2) is 132 Å². The smallest absolute Gasteiger partial charge is 0.0527 e. The maximum absolute atomic E-state index is 2.37. The van der Waals surface area contributed by atoms with Crippen molar-refractivity contribution in [1.82, 2.24) is 0 Å². The first kappa shape index (κ1) is 21.8. The third-order valence-electron chi connectivity index (χ3n) is 7.55. The van der Waals surface area contributed by atoms with Crippen LogP contribution in [-0.4, -0.2) is 0 Å². The van der Waals surface area contributed by atoms with Crippen molar-refractivity contribution >= 4 is 65.8 Å². The minimum absolute atomic E-state index is 1.26. The Morgan fingerprint density at radius 3 is 1.50 bits per heavy atom. The van der Waals surface area contributed by atoms with Crippen LogP contribution in [0.3, 0.4) is 0 Å². The summed E-state index contributed by atoms with van der Waals surface area (Å²) >= 11 is 3.66. The van der Waals surface area contributed by atoms with Crippen molar-refractivity contribution in [1.29, 1.82) is 0 Å². The molecule has 178 valence electrons. The minimum atomic E-state index is 1.26. The van der Waals surface area contributed by atoms with Gasteiger partial charge in [0, 0.05) is 16.0 Å². The van der Waals surface area contributed by atoms with E-state index in [1.54, 1.807) is 0 Å². The summed E-state index contributed by atoms with van der Waals surface area (Å²) in [5.41, 5.74) is 5.16. The Morgan fingerprint density at radius 1 is 0.395 bits per heavy atom. The van der Waals surface area contributed by atoms with Gasteiger partial charge in [-0.05, 0) is 107 Å². The first-order chi connectivity index (χ1) is 18.8. The zero-order chi connectivity index (χ0) is 25.1. The van der Waals surface area contributed by atoms with E-state index in [2.05, 4.69) is 132 Å². The maximum atomic E-state index is 2.37. The van der Waals surface area contributed by atoms with Gasteiger partial charge in [-0.25, -0.2) is 0 Å². The summed E-state index contributed by atoms with van der Waals surface area (Å²) in [6.07, 6.45) is 0. The normalized spacial score (nSPS) is 11.7. The number of hydrogen-bond donors (Lipinski definition) is 0. The molecule has 0 nitrogen and oxygen atoms in total. The second-order valence-electron chi connectivity index (χ2n) is 9.85. The van der Waals surface area contributed by atoms with Crippen LogP contribution in [0, 0.1) is 0 Å². The van der Waals surface area contributed by atoms with Crippen molar-refractivity contribution in [3.8, 4) is 32.0 Å². The fraction of sp³-hybridized carbons (Fsp3) is 0. The molecule has 8 rings (SSSR count). The van der Waals surface area contributed by atoms with Crippen LogP contribution >= 0.6 is 22.7 Å². The van der Waals surface area contributed by atoms with Crippen LogP contribution in [0.25, 0.3) is 75.1 Å². The van der Waals surface area contributed by atoms with Crippen LogP contribution < -0.4 is 0 Å². The fourth-order valence-electron chi connectivity index (χ4n) is 5.65. The molecule has 0 saturated heterocycles. The lowest BCUT2D eigenvalue weighted by molar-refractivity contribution is 1.68. The molecule has 38 heavy (non-hydrogen) atoms. The first-order valence-electron chi connectivity index (χ1n) is 12.8. The highest BCUT2D eigenvalue weighted by Crippen LogP contribution is 2.47. The molecule has 2 heteroatoms. The van der Waals surface area contributed by atoms with E-state index in [1.165, 1.54) is 75.1 Å². The third-order valence-corrected chi connectivity index (χ3v) is 9.58. The molecule has 0 aliphatic carbocycles. The molecule has 2 aromatic heterocycles. The molecule has 0 amide bonds. The van der Waals surface area contributed by atoms with E-state index in [1.807, 2.05) is 22.7 Å². The number of hydrogen-bond acceptors (Lipinski definition) is 2. The van der Waals surface area contributed by atoms with Crippen molar-refractivity contribution in [3.05, 3.63) is 132 Å². The molecule has 0 saturated carbocycles. The van der Waals surface area contributed by atoms with Gasteiger partial charge < -0.3 is 0 Å². The summed E-state index contributed by atoms with van der Waals surface area (Å²) in [6, 6.07) is 44.8. The largest absolute Gasteiger partial charge is 0.143 e. The Morgan fingerprint density at radius 2 is 0.921 bits per heavy atom. The molecular weight excluding hydrogens is 497 g/mol. The predicted octanol–water partition coefficient (Wildman–Crippen LogP) is 11.4. The van der Waals surface area contributed by atoms with E-state index < -0.39 is 0 Å². The summed E-state index contributed by atoms with van der Waals surface area (Å²) < 4.78 is 0. The lowest BCUT2D eigenvalue weighted by atomic mass is 9.92. The maximum Gasteiger partial charge on any atom is 0.0527 e. The Kier molecular flexibility index (Phi) is 4.97. The number of thiophene rings is 2. The Balaban J connectivity index is 1.35. The molecule has 0 N–H and O–H groups in total. The van der Waals surface area contributed by atoms with Crippen LogP contribution in [-0.2, 0) is 0 Å². The summed E-state index contributed by atoms with van der Waals surface area (Å²) in [7, 11) is 0. The average molecular weight is 519 g/mol. The van der Waals surface area contributed by atoms with Crippen LogP contribution in [0.2, 0.25) is 0 Å². The van der Waals surface area contributed by atoms with E-state index in [4.69, 9.17) is 0 Å². The molecule has 8 aromatic rings. The second kappa shape index (κ2) is 8.66. The molecular formula is C36H22S2. The van der Waals surface area contributed by atoms with Gasteiger partial charge in [-0.1, -0.05) is 78.9 Å². The van der Waals surface area contributed by atoms with Gasteiger partial charge in [0.1, 0.15) is 0 Å². The molecule has 0 radical (unpaired) electrons. The molecule has 2 heterocycles.